The molecular formula is C42H67N5O6S. The maximum absolute atomic E-state index is 13.9. The van der Waals surface area contributed by atoms with Crippen molar-refractivity contribution < 1.29 is 29.0 Å². The number of carbonyl (C=O) groups excluding carboxylic acids is 4. The number of nitrogens with zero attached hydrogens (tertiary/aromatic N) is 2. The number of benzene rings is 1. The fourth-order valence-corrected chi connectivity index (χ4v) is 7.51. The Hall–Kier alpha value is -3.51. The number of ether oxygens (including phenoxy) is 1. The molecule has 0 spiro atoms. The van der Waals surface area contributed by atoms with Crippen molar-refractivity contribution in [3.8, 4) is 10.4 Å². The van der Waals surface area contributed by atoms with Crippen molar-refractivity contribution in [2.75, 3.05) is 13.1 Å². The van der Waals surface area contributed by atoms with E-state index in [9.17, 15) is 24.3 Å². The Labute approximate surface area is 327 Å². The number of amides is 4. The Morgan fingerprint density at radius 1 is 0.870 bits per heavy atom. The molecule has 0 aliphatic carbocycles. The molecule has 0 saturated carbocycles. The third-order valence-corrected chi connectivity index (χ3v) is 10.7. The molecule has 4 amide bonds. The molecule has 12 heteroatoms. The van der Waals surface area contributed by atoms with Crippen LogP contribution in [0.1, 0.15) is 143 Å². The number of thiazole rings is 1. The van der Waals surface area contributed by atoms with E-state index in [1.54, 1.807) is 11.3 Å². The summed E-state index contributed by atoms with van der Waals surface area (Å²) >= 11 is 1.59. The molecule has 2 aromatic rings. The molecule has 2 heterocycles. The summed E-state index contributed by atoms with van der Waals surface area (Å²) in [6, 6.07) is 6.33. The van der Waals surface area contributed by atoms with Crippen molar-refractivity contribution in [1.29, 1.82) is 0 Å². The van der Waals surface area contributed by atoms with E-state index >= 15 is 0 Å². The number of hydrogen-bond acceptors (Lipinski definition) is 8. The van der Waals surface area contributed by atoms with Crippen LogP contribution in [0.5, 0.6) is 0 Å². The summed E-state index contributed by atoms with van der Waals surface area (Å²) in [5.41, 5.74) is 3.76. The van der Waals surface area contributed by atoms with E-state index < -0.39 is 29.2 Å². The van der Waals surface area contributed by atoms with E-state index in [0.29, 0.717) is 19.5 Å². The van der Waals surface area contributed by atoms with E-state index in [4.69, 9.17) is 4.74 Å². The van der Waals surface area contributed by atoms with Crippen LogP contribution < -0.4 is 16.0 Å². The number of hydrogen-bond donors (Lipinski definition) is 4. The topological polar surface area (TPSA) is 150 Å². The molecule has 1 aliphatic heterocycles. The zero-order valence-corrected chi connectivity index (χ0v) is 34.7. The lowest BCUT2D eigenvalue weighted by atomic mass is 9.85. The van der Waals surface area contributed by atoms with Crippen molar-refractivity contribution in [1.82, 2.24) is 25.8 Å². The average molecular weight is 770 g/mol. The van der Waals surface area contributed by atoms with Crippen LogP contribution in [-0.2, 0) is 25.7 Å². The van der Waals surface area contributed by atoms with Gasteiger partial charge < -0.3 is 30.7 Å². The molecule has 1 aromatic carbocycles. The summed E-state index contributed by atoms with van der Waals surface area (Å²) in [7, 11) is 0. The molecule has 1 aromatic heterocycles. The van der Waals surface area contributed by atoms with Crippen LogP contribution in [0.25, 0.3) is 10.4 Å². The number of carbonyl (C=O) groups is 4. The summed E-state index contributed by atoms with van der Waals surface area (Å²) in [5, 5.41) is 19.3. The van der Waals surface area contributed by atoms with Crippen LogP contribution in [0.3, 0.4) is 0 Å². The van der Waals surface area contributed by atoms with Crippen molar-refractivity contribution in [2.45, 2.75) is 169 Å². The minimum Gasteiger partial charge on any atom is -0.444 e. The first-order valence-electron chi connectivity index (χ1n) is 20.1. The van der Waals surface area contributed by atoms with Gasteiger partial charge in [0.2, 0.25) is 17.7 Å². The predicted octanol–water partition coefficient (Wildman–Crippen LogP) is 7.82. The van der Waals surface area contributed by atoms with Gasteiger partial charge in [-0.25, -0.2) is 9.78 Å². The van der Waals surface area contributed by atoms with E-state index in [1.807, 2.05) is 78.2 Å². The number of rotatable bonds is 21. The average Bonchev–Trinajstić information content (AvgIpc) is 3.71. The van der Waals surface area contributed by atoms with Gasteiger partial charge in [0.25, 0.3) is 0 Å². The normalized spacial score (nSPS) is 16.6. The monoisotopic (exact) mass is 769 g/mol. The van der Waals surface area contributed by atoms with Gasteiger partial charge in [0.15, 0.2) is 0 Å². The molecule has 4 N–H and O–H groups in total. The SMILES string of the molecule is Cc1ncsc1-c1ccc(CNC(=O)C2CC(O)CN2C(=O)C(NC(=O)CCCCCCCCCCCCCCNC(=O)OC(C)(C)C)C(C)(C)C)cc1. The van der Waals surface area contributed by atoms with Crippen LogP contribution in [-0.4, -0.2) is 75.7 Å². The maximum Gasteiger partial charge on any atom is 0.407 e. The van der Waals surface area contributed by atoms with Gasteiger partial charge in [0, 0.05) is 32.5 Å². The third-order valence-electron chi connectivity index (χ3n) is 9.71. The van der Waals surface area contributed by atoms with E-state index in [2.05, 4.69) is 20.9 Å². The molecule has 0 radical (unpaired) electrons. The van der Waals surface area contributed by atoms with Crippen molar-refractivity contribution in [3.63, 3.8) is 0 Å². The summed E-state index contributed by atoms with van der Waals surface area (Å²) in [6.45, 7) is 14.3. The summed E-state index contributed by atoms with van der Waals surface area (Å²) in [4.78, 5) is 58.8. The van der Waals surface area contributed by atoms with Gasteiger partial charge in [-0.3, -0.25) is 14.4 Å². The number of aromatic nitrogens is 1. The molecule has 1 fully saturated rings. The molecule has 302 valence electrons. The van der Waals surface area contributed by atoms with Gasteiger partial charge in [0.05, 0.1) is 22.2 Å². The van der Waals surface area contributed by atoms with Crippen molar-refractivity contribution in [2.24, 2.45) is 5.41 Å². The third kappa shape index (κ3) is 16.1. The van der Waals surface area contributed by atoms with Gasteiger partial charge in [-0.2, -0.15) is 0 Å². The second-order valence-electron chi connectivity index (χ2n) is 16.9. The highest BCUT2D eigenvalue weighted by Crippen LogP contribution is 2.28. The zero-order chi connectivity index (χ0) is 39.7. The molecule has 3 rings (SSSR count). The molecule has 11 nitrogen and oxygen atoms in total. The minimum absolute atomic E-state index is 0.0529. The van der Waals surface area contributed by atoms with Crippen LogP contribution in [0, 0.1) is 12.3 Å². The molecule has 3 unspecified atom stereocenters. The molecule has 54 heavy (non-hydrogen) atoms. The van der Waals surface area contributed by atoms with Gasteiger partial charge in [-0.05, 0) is 57.1 Å². The van der Waals surface area contributed by atoms with E-state index in [-0.39, 0.29) is 36.8 Å². The number of β-amino-alcohol motifs (C(OH)–C–C–N with tert-alkyl or cyclic N) is 1. The van der Waals surface area contributed by atoms with Crippen molar-refractivity contribution >= 4 is 35.2 Å². The Bertz CT molecular complexity index is 1460. The number of likely N-dealkylation sites (tertiary alicyclic amines) is 1. The highest BCUT2D eigenvalue weighted by molar-refractivity contribution is 7.13. The first-order chi connectivity index (χ1) is 25.5. The number of aliphatic hydroxyl groups is 1. The highest BCUT2D eigenvalue weighted by Gasteiger charge is 2.44. The van der Waals surface area contributed by atoms with Gasteiger partial charge >= 0.3 is 6.09 Å². The smallest absolute Gasteiger partial charge is 0.407 e. The predicted molar refractivity (Wildman–Crippen MR) is 216 cm³/mol. The highest BCUT2D eigenvalue weighted by atomic mass is 32.1. The van der Waals surface area contributed by atoms with Gasteiger partial charge in [-0.15, -0.1) is 11.3 Å². The lowest BCUT2D eigenvalue weighted by molar-refractivity contribution is -0.144. The molecule has 1 aliphatic rings. The number of alkyl carbamates (subject to hydrolysis) is 1. The van der Waals surface area contributed by atoms with E-state index in [0.717, 1.165) is 60.2 Å². The molecule has 1 saturated heterocycles. The fourth-order valence-electron chi connectivity index (χ4n) is 6.70. The van der Waals surface area contributed by atoms with Gasteiger partial charge in [-0.1, -0.05) is 109 Å². The standard InChI is InChI=1S/C42H67N5O6S/c1-30-36(54-29-45-30)32-23-21-31(22-24-32)27-44-38(50)34-26-33(48)28-47(34)39(51)37(41(2,3)4)46-35(49)20-18-16-14-12-10-8-9-11-13-15-17-19-25-43-40(52)53-42(5,6)7/h21-24,29,33-34,37,48H,8-20,25-28H2,1-7H3,(H,43,52)(H,44,50)(H,46,49). The fraction of sp³-hybridized carbons (Fsp3) is 0.690. The van der Waals surface area contributed by atoms with E-state index in [1.165, 1.54) is 43.4 Å². The maximum atomic E-state index is 13.9. The first-order valence-corrected chi connectivity index (χ1v) is 20.9. The zero-order valence-electron chi connectivity index (χ0n) is 33.9. The Morgan fingerprint density at radius 2 is 1.44 bits per heavy atom. The van der Waals surface area contributed by atoms with Gasteiger partial charge in [0.1, 0.15) is 17.7 Å². The Balaban J connectivity index is 1.30. The minimum atomic E-state index is -0.817. The summed E-state index contributed by atoms with van der Waals surface area (Å²) in [5.74, 6) is -0.823. The molecular weight excluding hydrogens is 703 g/mol. The molecule has 0 bridgehead atoms. The lowest BCUT2D eigenvalue weighted by Gasteiger charge is -2.35. The first kappa shape index (κ1) is 44.9. The lowest BCUT2D eigenvalue weighted by Crippen LogP contribution is -2.57. The largest absolute Gasteiger partial charge is 0.444 e. The van der Waals surface area contributed by atoms with Crippen LogP contribution in [0.2, 0.25) is 0 Å². The Morgan fingerprint density at radius 3 is 1.98 bits per heavy atom. The number of unbranched alkanes of at least 4 members (excludes halogenated alkanes) is 11. The quantitative estimate of drug-likeness (QED) is 0.0946. The number of nitrogens with one attached hydrogen (secondary N) is 3. The number of aliphatic hydroxyl groups excluding tert-OH is 1. The van der Waals surface area contributed by atoms with Crippen LogP contribution >= 0.6 is 11.3 Å². The van der Waals surface area contributed by atoms with Crippen LogP contribution in [0.4, 0.5) is 4.79 Å². The number of aryl methyl sites for hydroxylation is 1. The van der Waals surface area contributed by atoms with Crippen LogP contribution in [0.15, 0.2) is 29.8 Å². The Kier molecular flexibility index (Phi) is 18.4. The second kappa shape index (κ2) is 22.1. The summed E-state index contributed by atoms with van der Waals surface area (Å²) in [6.07, 6.45) is 12.7. The van der Waals surface area contributed by atoms with Crippen molar-refractivity contribution in [3.05, 3.63) is 41.0 Å². The second-order valence-corrected chi connectivity index (χ2v) is 17.7. The molecule has 3 atom stereocenters. The summed E-state index contributed by atoms with van der Waals surface area (Å²) < 4.78 is 5.25.